The molecular weight excluding hydrogens is 342 g/mol. The number of hydrogen-bond donors (Lipinski definition) is 1. The Hall–Kier alpha value is -1.59. The highest BCUT2D eigenvalue weighted by molar-refractivity contribution is 5.68. The van der Waals surface area contributed by atoms with Crippen LogP contribution in [0.2, 0.25) is 0 Å². The van der Waals surface area contributed by atoms with Gasteiger partial charge in [0, 0.05) is 24.8 Å². The molecule has 0 heterocycles. The van der Waals surface area contributed by atoms with Crippen molar-refractivity contribution in [1.82, 2.24) is 5.32 Å². The standard InChI is InChI=1S/C22H37NO4/c1-7-10-11-19(23-21(24)27-22(4,5)6)16-17-12-14-18(15-13-17)20(25-8-2)26-9-3/h12-15,19-20H,7-11,16H2,1-6H3,(H,23,24). The third-order valence-corrected chi connectivity index (χ3v) is 4.00. The third-order valence-electron chi connectivity index (χ3n) is 4.00. The number of unbranched alkanes of at least 4 members (excludes halogenated alkanes) is 1. The number of hydrogen-bond acceptors (Lipinski definition) is 4. The fourth-order valence-corrected chi connectivity index (χ4v) is 2.79. The van der Waals surface area contributed by atoms with Crippen LogP contribution in [-0.2, 0) is 20.6 Å². The van der Waals surface area contributed by atoms with Gasteiger partial charge in [0.05, 0.1) is 0 Å². The van der Waals surface area contributed by atoms with E-state index >= 15 is 0 Å². The number of amides is 1. The molecule has 0 aromatic heterocycles. The Labute approximate surface area is 164 Å². The SMILES string of the molecule is CCCCC(Cc1ccc(C(OCC)OCC)cc1)NC(=O)OC(C)(C)C. The second-order valence-electron chi connectivity index (χ2n) is 7.67. The van der Waals surface area contributed by atoms with Gasteiger partial charge in [-0.05, 0) is 53.0 Å². The molecule has 1 aromatic carbocycles. The van der Waals surface area contributed by atoms with Crippen molar-refractivity contribution >= 4 is 6.09 Å². The van der Waals surface area contributed by atoms with Crippen LogP contribution in [0.25, 0.3) is 0 Å². The summed E-state index contributed by atoms with van der Waals surface area (Å²) in [4.78, 5) is 12.1. The van der Waals surface area contributed by atoms with Gasteiger partial charge in [-0.3, -0.25) is 0 Å². The van der Waals surface area contributed by atoms with E-state index in [1.165, 1.54) is 5.56 Å². The Morgan fingerprint density at radius 3 is 2.11 bits per heavy atom. The highest BCUT2D eigenvalue weighted by Crippen LogP contribution is 2.20. The predicted octanol–water partition coefficient (Wildman–Crippen LogP) is 5.38. The van der Waals surface area contributed by atoms with Crippen LogP contribution in [0.3, 0.4) is 0 Å². The smallest absolute Gasteiger partial charge is 0.407 e. The molecule has 1 N–H and O–H groups in total. The molecule has 1 atom stereocenters. The van der Waals surface area contributed by atoms with Gasteiger partial charge in [0.25, 0.3) is 0 Å². The van der Waals surface area contributed by atoms with Crippen LogP contribution < -0.4 is 5.32 Å². The quantitative estimate of drug-likeness (QED) is 0.524. The fourth-order valence-electron chi connectivity index (χ4n) is 2.79. The van der Waals surface area contributed by atoms with Gasteiger partial charge >= 0.3 is 6.09 Å². The van der Waals surface area contributed by atoms with Crippen molar-refractivity contribution in [3.8, 4) is 0 Å². The molecule has 0 bridgehead atoms. The maximum absolute atomic E-state index is 12.1. The lowest BCUT2D eigenvalue weighted by Gasteiger charge is -2.24. The van der Waals surface area contributed by atoms with Gasteiger partial charge in [0.15, 0.2) is 6.29 Å². The summed E-state index contributed by atoms with van der Waals surface area (Å²) in [7, 11) is 0. The van der Waals surface area contributed by atoms with Crippen LogP contribution in [0.15, 0.2) is 24.3 Å². The van der Waals surface area contributed by atoms with Gasteiger partial charge in [0.1, 0.15) is 5.60 Å². The Morgan fingerprint density at radius 2 is 1.63 bits per heavy atom. The van der Waals surface area contributed by atoms with Crippen LogP contribution >= 0.6 is 0 Å². The Morgan fingerprint density at radius 1 is 1.04 bits per heavy atom. The number of nitrogens with one attached hydrogen (secondary N) is 1. The number of alkyl carbamates (subject to hydrolysis) is 1. The largest absolute Gasteiger partial charge is 0.444 e. The first kappa shape index (κ1) is 23.4. The van der Waals surface area contributed by atoms with E-state index in [0.717, 1.165) is 31.2 Å². The molecule has 1 aromatic rings. The van der Waals surface area contributed by atoms with Crippen molar-refractivity contribution in [1.29, 1.82) is 0 Å². The lowest BCUT2D eigenvalue weighted by Crippen LogP contribution is -2.40. The average molecular weight is 380 g/mol. The van der Waals surface area contributed by atoms with E-state index in [9.17, 15) is 4.79 Å². The minimum absolute atomic E-state index is 0.0558. The molecule has 0 saturated carbocycles. The molecule has 0 aliphatic carbocycles. The van der Waals surface area contributed by atoms with E-state index in [0.29, 0.717) is 13.2 Å². The van der Waals surface area contributed by atoms with E-state index in [-0.39, 0.29) is 18.4 Å². The van der Waals surface area contributed by atoms with E-state index < -0.39 is 5.60 Å². The summed E-state index contributed by atoms with van der Waals surface area (Å²) in [5.41, 5.74) is 1.68. The maximum Gasteiger partial charge on any atom is 0.407 e. The number of carbonyl (C=O) groups excluding carboxylic acids is 1. The Bertz CT molecular complexity index is 530. The second-order valence-corrected chi connectivity index (χ2v) is 7.67. The minimum Gasteiger partial charge on any atom is -0.444 e. The summed E-state index contributed by atoms with van der Waals surface area (Å²) in [5, 5.41) is 3.02. The molecule has 5 nitrogen and oxygen atoms in total. The monoisotopic (exact) mass is 379 g/mol. The first-order valence-corrected chi connectivity index (χ1v) is 10.1. The van der Waals surface area contributed by atoms with Crippen molar-refractivity contribution in [3.05, 3.63) is 35.4 Å². The molecule has 5 heteroatoms. The van der Waals surface area contributed by atoms with Gasteiger partial charge < -0.3 is 19.5 Å². The van der Waals surface area contributed by atoms with Gasteiger partial charge in [-0.15, -0.1) is 0 Å². The number of rotatable bonds is 11. The van der Waals surface area contributed by atoms with Gasteiger partial charge in [-0.2, -0.15) is 0 Å². The highest BCUT2D eigenvalue weighted by atomic mass is 16.7. The number of benzene rings is 1. The molecule has 1 amide bonds. The molecule has 0 radical (unpaired) electrons. The van der Waals surface area contributed by atoms with E-state index in [1.54, 1.807) is 0 Å². The molecule has 0 aliphatic rings. The summed E-state index contributed by atoms with van der Waals surface area (Å²) in [6, 6.07) is 8.29. The summed E-state index contributed by atoms with van der Waals surface area (Å²) in [6.07, 6.45) is 3.18. The van der Waals surface area contributed by atoms with Crippen molar-refractivity contribution in [2.24, 2.45) is 0 Å². The summed E-state index contributed by atoms with van der Waals surface area (Å²) in [5.74, 6) is 0. The van der Waals surface area contributed by atoms with E-state index in [2.05, 4.69) is 24.4 Å². The Balaban J connectivity index is 2.75. The normalized spacial score (nSPS) is 12.9. The lowest BCUT2D eigenvalue weighted by atomic mass is 10.00. The zero-order valence-corrected chi connectivity index (χ0v) is 17.8. The second kappa shape index (κ2) is 12.0. The molecule has 0 fully saturated rings. The van der Waals surface area contributed by atoms with Gasteiger partial charge in [0.2, 0.25) is 0 Å². The van der Waals surface area contributed by atoms with Gasteiger partial charge in [-0.25, -0.2) is 4.79 Å². The third kappa shape index (κ3) is 9.78. The van der Waals surface area contributed by atoms with Crippen molar-refractivity contribution in [2.75, 3.05) is 13.2 Å². The average Bonchev–Trinajstić information content (AvgIpc) is 2.58. The lowest BCUT2D eigenvalue weighted by molar-refractivity contribution is -0.140. The van der Waals surface area contributed by atoms with Crippen LogP contribution in [0, 0.1) is 0 Å². The number of ether oxygens (including phenoxy) is 3. The molecule has 0 saturated heterocycles. The highest BCUT2D eigenvalue weighted by Gasteiger charge is 2.20. The molecule has 27 heavy (non-hydrogen) atoms. The summed E-state index contributed by atoms with van der Waals surface area (Å²) < 4.78 is 16.7. The zero-order chi connectivity index (χ0) is 20.3. The topological polar surface area (TPSA) is 56.8 Å². The molecule has 0 aliphatic heterocycles. The summed E-state index contributed by atoms with van der Waals surface area (Å²) in [6.45, 7) is 12.9. The first-order chi connectivity index (χ1) is 12.8. The van der Waals surface area contributed by atoms with Crippen LogP contribution in [0.1, 0.15) is 78.2 Å². The zero-order valence-electron chi connectivity index (χ0n) is 17.8. The van der Waals surface area contributed by atoms with E-state index in [4.69, 9.17) is 14.2 Å². The Kier molecular flexibility index (Phi) is 10.4. The van der Waals surface area contributed by atoms with Gasteiger partial charge in [-0.1, -0.05) is 44.0 Å². The van der Waals surface area contributed by atoms with Crippen molar-refractivity contribution in [3.63, 3.8) is 0 Å². The molecule has 0 spiro atoms. The van der Waals surface area contributed by atoms with Crippen LogP contribution in [0.5, 0.6) is 0 Å². The van der Waals surface area contributed by atoms with Crippen molar-refractivity contribution < 1.29 is 19.0 Å². The van der Waals surface area contributed by atoms with Crippen LogP contribution in [0.4, 0.5) is 4.79 Å². The van der Waals surface area contributed by atoms with Crippen LogP contribution in [-0.4, -0.2) is 30.9 Å². The maximum atomic E-state index is 12.1. The molecule has 1 rings (SSSR count). The van der Waals surface area contributed by atoms with E-state index in [1.807, 2.05) is 46.8 Å². The predicted molar refractivity (Wildman–Crippen MR) is 109 cm³/mol. The fraction of sp³-hybridized carbons (Fsp3) is 0.682. The first-order valence-electron chi connectivity index (χ1n) is 10.1. The minimum atomic E-state index is -0.491. The molecular formula is C22H37NO4. The number of carbonyl (C=O) groups is 1. The summed E-state index contributed by atoms with van der Waals surface area (Å²) >= 11 is 0. The van der Waals surface area contributed by atoms with Crippen molar-refractivity contribution in [2.45, 2.75) is 85.2 Å². The molecule has 1 unspecified atom stereocenters. The molecule has 154 valence electrons.